The Bertz CT molecular complexity index is 473. The average Bonchev–Trinajstić information content (AvgIpc) is 2.96. The molecule has 0 radical (unpaired) electrons. The van der Waals surface area contributed by atoms with Gasteiger partial charge in [-0.3, -0.25) is 4.79 Å². The number of carbonyl (C=O) groups excluding carboxylic acids is 2. The maximum absolute atomic E-state index is 11.4. The largest absolute Gasteiger partial charge is 0.479 e. The van der Waals surface area contributed by atoms with Gasteiger partial charge in [0.1, 0.15) is 5.76 Å². The molecule has 0 bridgehead atoms. The molecule has 0 aromatic carbocycles. The quantitative estimate of drug-likeness (QED) is 0.502. The minimum atomic E-state index is -1.18. The fourth-order valence-corrected chi connectivity index (χ4v) is 1.34. The number of ether oxygens (including phenoxy) is 1. The van der Waals surface area contributed by atoms with Crippen LogP contribution in [0, 0.1) is 0 Å². The lowest BCUT2D eigenvalue weighted by molar-refractivity contribution is -0.148. The van der Waals surface area contributed by atoms with E-state index < -0.39 is 24.0 Å². The Labute approximate surface area is 120 Å². The molecule has 9 nitrogen and oxygen atoms in total. The zero-order chi connectivity index (χ0) is 15.7. The highest BCUT2D eigenvalue weighted by Gasteiger charge is 2.17. The molecule has 0 saturated carbocycles. The molecule has 1 unspecified atom stereocenters. The van der Waals surface area contributed by atoms with Crippen LogP contribution < -0.4 is 16.0 Å². The van der Waals surface area contributed by atoms with Crippen molar-refractivity contribution in [2.75, 3.05) is 20.2 Å². The third-order valence-electron chi connectivity index (χ3n) is 2.46. The molecule has 4 N–H and O–H groups in total. The molecule has 1 heterocycles. The zero-order valence-corrected chi connectivity index (χ0v) is 11.4. The SMILES string of the molecule is COC(CNC(=O)CNC(=O)NCc1ccco1)C(=O)O. The molecule has 1 rings (SSSR count). The molecule has 0 aliphatic rings. The smallest absolute Gasteiger partial charge is 0.334 e. The number of carbonyl (C=O) groups is 3. The third-order valence-corrected chi connectivity index (χ3v) is 2.46. The van der Waals surface area contributed by atoms with Crippen molar-refractivity contribution in [3.8, 4) is 0 Å². The summed E-state index contributed by atoms with van der Waals surface area (Å²) < 4.78 is 9.66. The molecule has 0 fully saturated rings. The molecule has 9 heteroatoms. The van der Waals surface area contributed by atoms with Crippen molar-refractivity contribution in [3.05, 3.63) is 24.2 Å². The number of methoxy groups -OCH3 is 1. The molecule has 0 aliphatic carbocycles. The van der Waals surface area contributed by atoms with E-state index in [2.05, 4.69) is 20.7 Å². The first-order valence-electron chi connectivity index (χ1n) is 6.09. The summed E-state index contributed by atoms with van der Waals surface area (Å²) >= 11 is 0. The number of nitrogens with one attached hydrogen (secondary N) is 3. The first-order chi connectivity index (χ1) is 10.0. The van der Waals surface area contributed by atoms with Crippen molar-refractivity contribution >= 4 is 17.9 Å². The number of aliphatic carboxylic acids is 1. The van der Waals surface area contributed by atoms with Crippen molar-refractivity contribution in [1.82, 2.24) is 16.0 Å². The van der Waals surface area contributed by atoms with E-state index in [1.54, 1.807) is 12.1 Å². The van der Waals surface area contributed by atoms with Crippen LogP contribution in [0.5, 0.6) is 0 Å². The number of urea groups is 1. The first-order valence-corrected chi connectivity index (χ1v) is 6.09. The van der Waals surface area contributed by atoms with Crippen LogP contribution >= 0.6 is 0 Å². The molecule has 0 aliphatic heterocycles. The number of amides is 3. The molecule has 116 valence electrons. The van der Waals surface area contributed by atoms with Gasteiger partial charge in [0, 0.05) is 7.11 Å². The number of hydrogen-bond acceptors (Lipinski definition) is 5. The highest BCUT2D eigenvalue weighted by Crippen LogP contribution is 1.97. The second kappa shape index (κ2) is 8.59. The van der Waals surface area contributed by atoms with Gasteiger partial charge in [-0.1, -0.05) is 0 Å². The van der Waals surface area contributed by atoms with Crippen LogP contribution in [0.15, 0.2) is 22.8 Å². The summed E-state index contributed by atoms with van der Waals surface area (Å²) in [5.41, 5.74) is 0. The fraction of sp³-hybridized carbons (Fsp3) is 0.417. The van der Waals surface area contributed by atoms with Gasteiger partial charge in [-0.25, -0.2) is 9.59 Å². The summed E-state index contributed by atoms with van der Waals surface area (Å²) in [6.07, 6.45) is 0.360. The monoisotopic (exact) mass is 299 g/mol. The maximum Gasteiger partial charge on any atom is 0.334 e. The highest BCUT2D eigenvalue weighted by atomic mass is 16.5. The predicted molar refractivity (Wildman–Crippen MR) is 70.4 cm³/mol. The van der Waals surface area contributed by atoms with Crippen molar-refractivity contribution < 1.29 is 28.6 Å². The lowest BCUT2D eigenvalue weighted by Gasteiger charge is -2.12. The van der Waals surface area contributed by atoms with E-state index in [-0.39, 0.29) is 19.6 Å². The van der Waals surface area contributed by atoms with E-state index in [1.165, 1.54) is 13.4 Å². The molecule has 21 heavy (non-hydrogen) atoms. The molecule has 1 aromatic heterocycles. The Kier molecular flexibility index (Phi) is 6.75. The Morgan fingerprint density at radius 1 is 1.33 bits per heavy atom. The van der Waals surface area contributed by atoms with Crippen LogP contribution in [0.4, 0.5) is 4.79 Å². The van der Waals surface area contributed by atoms with Gasteiger partial charge in [0.25, 0.3) is 0 Å². The number of rotatable bonds is 8. The van der Waals surface area contributed by atoms with Crippen LogP contribution in [-0.4, -0.2) is 49.3 Å². The number of furan rings is 1. The number of hydrogen-bond donors (Lipinski definition) is 4. The number of carboxylic acids is 1. The summed E-state index contributed by atoms with van der Waals surface area (Å²) in [4.78, 5) is 33.4. The Morgan fingerprint density at radius 2 is 2.10 bits per heavy atom. The van der Waals surface area contributed by atoms with Crippen LogP contribution in [0.3, 0.4) is 0 Å². The summed E-state index contributed by atoms with van der Waals surface area (Å²) in [5, 5.41) is 15.8. The Morgan fingerprint density at radius 3 is 2.67 bits per heavy atom. The van der Waals surface area contributed by atoms with Crippen LogP contribution in [0.1, 0.15) is 5.76 Å². The molecule has 1 atom stereocenters. The van der Waals surface area contributed by atoms with Crippen molar-refractivity contribution in [2.24, 2.45) is 0 Å². The van der Waals surface area contributed by atoms with E-state index in [0.29, 0.717) is 5.76 Å². The molecule has 1 aromatic rings. The first kappa shape index (κ1) is 16.5. The Balaban J connectivity index is 2.17. The van der Waals surface area contributed by atoms with Crippen molar-refractivity contribution in [1.29, 1.82) is 0 Å². The van der Waals surface area contributed by atoms with E-state index >= 15 is 0 Å². The molecular weight excluding hydrogens is 282 g/mol. The van der Waals surface area contributed by atoms with Gasteiger partial charge in [-0.05, 0) is 12.1 Å². The normalized spacial score (nSPS) is 11.5. The van der Waals surface area contributed by atoms with Crippen LogP contribution in [0.2, 0.25) is 0 Å². The highest BCUT2D eigenvalue weighted by molar-refractivity contribution is 5.84. The standard InChI is InChI=1S/C12H17N3O6/c1-20-9(11(17)18)6-13-10(16)7-15-12(19)14-5-8-3-2-4-21-8/h2-4,9H,5-7H2,1H3,(H,13,16)(H,17,18)(H2,14,15,19). The zero-order valence-electron chi connectivity index (χ0n) is 11.4. The van der Waals surface area contributed by atoms with Crippen molar-refractivity contribution in [3.63, 3.8) is 0 Å². The van der Waals surface area contributed by atoms with E-state index in [0.717, 1.165) is 0 Å². The second-order valence-electron chi connectivity index (χ2n) is 3.98. The van der Waals surface area contributed by atoms with Gasteiger partial charge >= 0.3 is 12.0 Å². The van der Waals surface area contributed by atoms with Crippen molar-refractivity contribution in [2.45, 2.75) is 12.6 Å². The molecule has 0 saturated heterocycles. The van der Waals surface area contributed by atoms with Crippen LogP contribution in [-0.2, 0) is 20.9 Å². The summed E-state index contributed by atoms with van der Waals surface area (Å²) in [5.74, 6) is -1.12. The van der Waals surface area contributed by atoms with Gasteiger partial charge < -0.3 is 30.2 Å². The molecular formula is C12H17N3O6. The van der Waals surface area contributed by atoms with E-state index in [4.69, 9.17) is 9.52 Å². The fourth-order valence-electron chi connectivity index (χ4n) is 1.34. The Hall–Kier alpha value is -2.55. The van der Waals surface area contributed by atoms with Gasteiger partial charge in [0.15, 0.2) is 6.10 Å². The minimum Gasteiger partial charge on any atom is -0.479 e. The van der Waals surface area contributed by atoms with Gasteiger partial charge in [-0.2, -0.15) is 0 Å². The van der Waals surface area contributed by atoms with Crippen LogP contribution in [0.25, 0.3) is 0 Å². The third kappa shape index (κ3) is 6.43. The van der Waals surface area contributed by atoms with Gasteiger partial charge in [0.05, 0.1) is 25.9 Å². The van der Waals surface area contributed by atoms with E-state index in [1.807, 2.05) is 0 Å². The second-order valence-corrected chi connectivity index (χ2v) is 3.98. The maximum atomic E-state index is 11.4. The topological polar surface area (TPSA) is 130 Å². The lowest BCUT2D eigenvalue weighted by atomic mass is 10.3. The summed E-state index contributed by atoms with van der Waals surface area (Å²) in [7, 11) is 1.23. The predicted octanol–water partition coefficient (Wildman–Crippen LogP) is -0.705. The molecule has 0 spiro atoms. The van der Waals surface area contributed by atoms with Gasteiger partial charge in [-0.15, -0.1) is 0 Å². The summed E-state index contributed by atoms with van der Waals surface area (Å²) in [6.45, 7) is -0.258. The average molecular weight is 299 g/mol. The number of carboxylic acid groups (broad SMARTS) is 1. The molecule has 3 amide bonds. The minimum absolute atomic E-state index is 0.180. The van der Waals surface area contributed by atoms with E-state index in [9.17, 15) is 14.4 Å². The van der Waals surface area contributed by atoms with Gasteiger partial charge in [0.2, 0.25) is 5.91 Å². The summed E-state index contributed by atoms with van der Waals surface area (Å²) in [6, 6.07) is 2.85. The lowest BCUT2D eigenvalue weighted by Crippen LogP contribution is -2.44.